The summed E-state index contributed by atoms with van der Waals surface area (Å²) in [6.07, 6.45) is 0. The van der Waals surface area contributed by atoms with Crippen LogP contribution in [-0.2, 0) is 6.54 Å². The fraction of sp³-hybridized carbons (Fsp3) is 0.0769. The SMILES string of the molecule is O=[N+]([O-])c1cc(CNc2ccc(Cl)cc2I)c(F)cc1F. The Bertz CT molecular complexity index is 713. The minimum Gasteiger partial charge on any atom is -0.380 e. The summed E-state index contributed by atoms with van der Waals surface area (Å²) in [5, 5.41) is 14.2. The fourth-order valence-electron chi connectivity index (χ4n) is 1.68. The van der Waals surface area contributed by atoms with Gasteiger partial charge in [0.2, 0.25) is 5.82 Å². The van der Waals surface area contributed by atoms with Crippen molar-refractivity contribution in [3.8, 4) is 0 Å². The summed E-state index contributed by atoms with van der Waals surface area (Å²) < 4.78 is 27.7. The third-order valence-corrected chi connectivity index (χ3v) is 3.84. The number of hydrogen-bond acceptors (Lipinski definition) is 3. The molecule has 0 amide bonds. The summed E-state index contributed by atoms with van der Waals surface area (Å²) >= 11 is 7.87. The van der Waals surface area contributed by atoms with Crippen molar-refractivity contribution in [2.45, 2.75) is 6.54 Å². The standard InChI is InChI=1S/C13H8ClF2IN2O2/c14-8-1-2-12(11(17)4-8)18-6-7-3-13(19(20)21)10(16)5-9(7)15/h1-5,18H,6H2. The Morgan fingerprint density at radius 3 is 2.57 bits per heavy atom. The predicted octanol–water partition coefficient (Wildman–Crippen LogP) is 4.74. The van der Waals surface area contributed by atoms with Gasteiger partial charge in [-0.2, -0.15) is 4.39 Å². The number of nitrogens with zero attached hydrogens (tertiary/aromatic N) is 1. The van der Waals surface area contributed by atoms with Gasteiger partial charge in [0.1, 0.15) is 5.82 Å². The molecule has 0 fully saturated rings. The number of anilines is 1. The molecule has 0 radical (unpaired) electrons. The Hall–Kier alpha value is -1.48. The van der Waals surface area contributed by atoms with Crippen LogP contribution in [0.25, 0.3) is 0 Å². The van der Waals surface area contributed by atoms with Crippen LogP contribution in [-0.4, -0.2) is 4.92 Å². The molecule has 0 saturated carbocycles. The summed E-state index contributed by atoms with van der Waals surface area (Å²) in [4.78, 5) is 9.77. The van der Waals surface area contributed by atoms with Crippen LogP contribution >= 0.6 is 34.2 Å². The first-order valence-electron chi connectivity index (χ1n) is 5.69. The first-order chi connectivity index (χ1) is 9.88. The largest absolute Gasteiger partial charge is 0.380 e. The number of nitro benzene ring substituents is 1. The van der Waals surface area contributed by atoms with Crippen LogP contribution in [0.4, 0.5) is 20.2 Å². The minimum absolute atomic E-state index is 0.00819. The van der Waals surface area contributed by atoms with E-state index in [2.05, 4.69) is 27.9 Å². The van der Waals surface area contributed by atoms with Crippen LogP contribution in [0.15, 0.2) is 30.3 Å². The molecular formula is C13H8ClF2IN2O2. The molecule has 110 valence electrons. The van der Waals surface area contributed by atoms with Crippen LogP contribution in [0.1, 0.15) is 5.56 Å². The molecule has 0 spiro atoms. The van der Waals surface area contributed by atoms with Gasteiger partial charge in [-0.25, -0.2) is 4.39 Å². The fourth-order valence-corrected chi connectivity index (χ4v) is 2.74. The van der Waals surface area contributed by atoms with E-state index in [1.54, 1.807) is 18.2 Å². The van der Waals surface area contributed by atoms with Crippen molar-refractivity contribution in [2.75, 3.05) is 5.32 Å². The van der Waals surface area contributed by atoms with Gasteiger partial charge in [0.05, 0.1) is 4.92 Å². The molecule has 0 unspecified atom stereocenters. The molecule has 0 aromatic heterocycles. The normalized spacial score (nSPS) is 10.5. The van der Waals surface area contributed by atoms with E-state index in [9.17, 15) is 18.9 Å². The van der Waals surface area contributed by atoms with Crippen LogP contribution in [0.5, 0.6) is 0 Å². The van der Waals surface area contributed by atoms with Gasteiger partial charge in [0.15, 0.2) is 0 Å². The molecule has 0 aliphatic carbocycles. The molecule has 0 saturated heterocycles. The van der Waals surface area contributed by atoms with E-state index in [0.29, 0.717) is 16.8 Å². The first-order valence-corrected chi connectivity index (χ1v) is 7.15. The van der Waals surface area contributed by atoms with E-state index in [1.807, 2.05) is 0 Å². The van der Waals surface area contributed by atoms with Crippen LogP contribution in [0.3, 0.4) is 0 Å². The zero-order valence-electron chi connectivity index (χ0n) is 10.4. The van der Waals surface area contributed by atoms with Gasteiger partial charge in [0, 0.05) is 38.5 Å². The third-order valence-electron chi connectivity index (χ3n) is 2.71. The average molecular weight is 425 g/mol. The van der Waals surface area contributed by atoms with Crippen molar-refractivity contribution in [2.24, 2.45) is 0 Å². The second-order valence-corrected chi connectivity index (χ2v) is 5.73. The molecule has 0 aliphatic rings. The second kappa shape index (κ2) is 6.52. The topological polar surface area (TPSA) is 55.2 Å². The molecule has 2 aromatic rings. The Balaban J connectivity index is 2.23. The number of nitrogens with one attached hydrogen (secondary N) is 1. The summed E-state index contributed by atoms with van der Waals surface area (Å²) in [5.41, 5.74) is -0.0424. The van der Waals surface area contributed by atoms with Crippen molar-refractivity contribution >= 4 is 45.6 Å². The number of nitro groups is 1. The van der Waals surface area contributed by atoms with Gasteiger partial charge in [-0.3, -0.25) is 10.1 Å². The maximum Gasteiger partial charge on any atom is 0.305 e. The van der Waals surface area contributed by atoms with Crippen LogP contribution in [0.2, 0.25) is 5.02 Å². The first kappa shape index (κ1) is 15.9. The molecule has 4 nitrogen and oxygen atoms in total. The van der Waals surface area contributed by atoms with E-state index in [4.69, 9.17) is 11.6 Å². The molecule has 0 bridgehead atoms. The third kappa shape index (κ3) is 3.79. The highest BCUT2D eigenvalue weighted by Gasteiger charge is 2.18. The van der Waals surface area contributed by atoms with Crippen molar-refractivity contribution in [3.63, 3.8) is 0 Å². The van der Waals surface area contributed by atoms with Gasteiger partial charge in [0.25, 0.3) is 0 Å². The highest BCUT2D eigenvalue weighted by atomic mass is 127. The van der Waals surface area contributed by atoms with Gasteiger partial charge in [-0.15, -0.1) is 0 Å². The van der Waals surface area contributed by atoms with Crippen molar-refractivity contribution in [3.05, 3.63) is 66.2 Å². The van der Waals surface area contributed by atoms with Crippen LogP contribution < -0.4 is 5.32 Å². The number of halogens is 4. The average Bonchev–Trinajstić information content (AvgIpc) is 2.39. The summed E-state index contributed by atoms with van der Waals surface area (Å²) in [6, 6.07) is 6.49. The monoisotopic (exact) mass is 424 g/mol. The number of hydrogen-bond donors (Lipinski definition) is 1. The molecule has 2 aromatic carbocycles. The molecule has 0 heterocycles. The lowest BCUT2D eigenvalue weighted by Crippen LogP contribution is -2.05. The van der Waals surface area contributed by atoms with Crippen molar-refractivity contribution in [1.82, 2.24) is 0 Å². The van der Waals surface area contributed by atoms with Crippen LogP contribution in [0, 0.1) is 25.3 Å². The second-order valence-electron chi connectivity index (χ2n) is 4.13. The van der Waals surface area contributed by atoms with Crippen molar-refractivity contribution in [1.29, 1.82) is 0 Å². The molecule has 2 rings (SSSR count). The highest BCUT2D eigenvalue weighted by molar-refractivity contribution is 14.1. The molecule has 0 atom stereocenters. The van der Waals surface area contributed by atoms with E-state index >= 15 is 0 Å². The van der Waals surface area contributed by atoms with E-state index in [1.165, 1.54) is 0 Å². The van der Waals surface area contributed by atoms with E-state index in [0.717, 1.165) is 9.64 Å². The van der Waals surface area contributed by atoms with Crippen molar-refractivity contribution < 1.29 is 13.7 Å². The molecule has 21 heavy (non-hydrogen) atoms. The minimum atomic E-state index is -1.19. The van der Waals surface area contributed by atoms with Gasteiger partial charge < -0.3 is 5.32 Å². The lowest BCUT2D eigenvalue weighted by atomic mass is 10.1. The zero-order chi connectivity index (χ0) is 15.6. The highest BCUT2D eigenvalue weighted by Crippen LogP contribution is 2.25. The number of rotatable bonds is 4. The smallest absolute Gasteiger partial charge is 0.305 e. The summed E-state index contributed by atoms with van der Waals surface area (Å²) in [7, 11) is 0. The predicted molar refractivity (Wildman–Crippen MR) is 84.5 cm³/mol. The lowest BCUT2D eigenvalue weighted by molar-refractivity contribution is -0.387. The summed E-state index contributed by atoms with van der Waals surface area (Å²) in [5.74, 6) is -2.03. The Labute approximate surface area is 137 Å². The Kier molecular flexibility index (Phi) is 4.94. The Morgan fingerprint density at radius 1 is 1.24 bits per heavy atom. The molecule has 0 aliphatic heterocycles. The van der Waals surface area contributed by atoms with E-state index in [-0.39, 0.29) is 12.1 Å². The summed E-state index contributed by atoms with van der Waals surface area (Å²) in [6.45, 7) is -0.00934. The molecule has 1 N–H and O–H groups in total. The maximum absolute atomic E-state index is 13.6. The lowest BCUT2D eigenvalue weighted by Gasteiger charge is -2.10. The van der Waals surface area contributed by atoms with Gasteiger partial charge in [-0.1, -0.05) is 11.6 Å². The zero-order valence-corrected chi connectivity index (χ0v) is 13.3. The molecule has 8 heteroatoms. The number of benzene rings is 2. The van der Waals surface area contributed by atoms with Gasteiger partial charge in [-0.05, 0) is 40.8 Å². The maximum atomic E-state index is 13.6. The van der Waals surface area contributed by atoms with E-state index < -0.39 is 22.2 Å². The van der Waals surface area contributed by atoms with Gasteiger partial charge >= 0.3 is 5.69 Å². The molecular weight excluding hydrogens is 417 g/mol. The quantitative estimate of drug-likeness (QED) is 0.438. The Morgan fingerprint density at radius 2 is 1.95 bits per heavy atom.